The van der Waals surface area contributed by atoms with Gasteiger partial charge in [0.15, 0.2) is 0 Å². The van der Waals surface area contributed by atoms with Gasteiger partial charge in [0.05, 0.1) is 11.1 Å². The second kappa shape index (κ2) is 5.25. The van der Waals surface area contributed by atoms with Gasteiger partial charge in [-0.2, -0.15) is 0 Å². The molecule has 1 aliphatic rings. The summed E-state index contributed by atoms with van der Waals surface area (Å²) < 4.78 is 0. The smallest absolute Gasteiger partial charge is 0.0897 e. The Hall–Kier alpha value is -0.450. The lowest BCUT2D eigenvalue weighted by Crippen LogP contribution is -2.29. The van der Waals surface area contributed by atoms with Crippen molar-refractivity contribution in [3.8, 4) is 0 Å². The standard InChI is InChI=1S/C12H20N2OS/c1-8(12-7-14-9(2)16-12)13-6-10-4-3-5-11(10)15/h7-8,10-11,13,15H,3-6H2,1-2H3. The molecular formula is C12H20N2OS. The molecular weight excluding hydrogens is 220 g/mol. The summed E-state index contributed by atoms with van der Waals surface area (Å²) >= 11 is 1.74. The third-order valence-corrected chi connectivity index (χ3v) is 4.47. The average Bonchev–Trinajstić information content (AvgIpc) is 2.84. The summed E-state index contributed by atoms with van der Waals surface area (Å²) in [6.45, 7) is 5.11. The molecule has 3 nitrogen and oxygen atoms in total. The molecule has 0 bridgehead atoms. The molecule has 1 aliphatic carbocycles. The first-order valence-electron chi connectivity index (χ1n) is 6.00. The fourth-order valence-electron chi connectivity index (χ4n) is 2.26. The minimum absolute atomic E-state index is 0.0945. The molecule has 1 saturated carbocycles. The number of nitrogens with zero attached hydrogens (tertiary/aromatic N) is 1. The van der Waals surface area contributed by atoms with Crippen molar-refractivity contribution in [1.29, 1.82) is 0 Å². The first kappa shape index (κ1) is 12.0. The number of hydrogen-bond donors (Lipinski definition) is 2. The summed E-state index contributed by atoms with van der Waals surface area (Å²) in [4.78, 5) is 5.54. The molecule has 4 heteroatoms. The Morgan fingerprint density at radius 1 is 1.62 bits per heavy atom. The van der Waals surface area contributed by atoms with E-state index in [1.165, 1.54) is 11.3 Å². The molecule has 0 aromatic carbocycles. The maximum Gasteiger partial charge on any atom is 0.0897 e. The number of aliphatic hydroxyl groups is 1. The molecule has 1 aromatic heterocycles. The Morgan fingerprint density at radius 3 is 3.00 bits per heavy atom. The lowest BCUT2D eigenvalue weighted by Gasteiger charge is -2.18. The Bertz CT molecular complexity index is 340. The Labute approximate surface area is 101 Å². The van der Waals surface area contributed by atoms with Crippen LogP contribution in [0.4, 0.5) is 0 Å². The van der Waals surface area contributed by atoms with E-state index in [4.69, 9.17) is 0 Å². The Balaban J connectivity index is 1.81. The van der Waals surface area contributed by atoms with Gasteiger partial charge in [-0.05, 0) is 32.6 Å². The van der Waals surface area contributed by atoms with Crippen LogP contribution < -0.4 is 5.32 Å². The van der Waals surface area contributed by atoms with Gasteiger partial charge in [0, 0.05) is 23.7 Å². The van der Waals surface area contributed by atoms with Crippen LogP contribution in [0.3, 0.4) is 0 Å². The van der Waals surface area contributed by atoms with Crippen molar-refractivity contribution < 1.29 is 5.11 Å². The zero-order valence-electron chi connectivity index (χ0n) is 9.94. The minimum atomic E-state index is -0.0945. The van der Waals surface area contributed by atoms with Crippen molar-refractivity contribution in [2.75, 3.05) is 6.54 Å². The molecule has 1 heterocycles. The molecule has 90 valence electrons. The quantitative estimate of drug-likeness (QED) is 0.848. The largest absolute Gasteiger partial charge is 0.393 e. The number of thiazole rings is 1. The number of aromatic nitrogens is 1. The van der Waals surface area contributed by atoms with Gasteiger partial charge in [-0.15, -0.1) is 11.3 Å². The van der Waals surface area contributed by atoms with E-state index in [2.05, 4.69) is 17.2 Å². The van der Waals surface area contributed by atoms with Gasteiger partial charge in [0.25, 0.3) is 0 Å². The fraction of sp³-hybridized carbons (Fsp3) is 0.750. The second-order valence-corrected chi connectivity index (χ2v) is 5.94. The topological polar surface area (TPSA) is 45.2 Å². The van der Waals surface area contributed by atoms with Gasteiger partial charge >= 0.3 is 0 Å². The Kier molecular flexibility index (Phi) is 3.95. The maximum atomic E-state index is 9.73. The summed E-state index contributed by atoms with van der Waals surface area (Å²) in [5, 5.41) is 14.3. The van der Waals surface area contributed by atoms with Crippen LogP contribution >= 0.6 is 11.3 Å². The van der Waals surface area contributed by atoms with Crippen LogP contribution in [-0.2, 0) is 0 Å². The predicted molar refractivity (Wildman–Crippen MR) is 66.6 cm³/mol. The third-order valence-electron chi connectivity index (χ3n) is 3.37. The van der Waals surface area contributed by atoms with E-state index < -0.39 is 0 Å². The first-order valence-corrected chi connectivity index (χ1v) is 6.82. The van der Waals surface area contributed by atoms with Crippen LogP contribution in [0.5, 0.6) is 0 Å². The van der Waals surface area contributed by atoms with E-state index in [9.17, 15) is 5.11 Å². The molecule has 0 radical (unpaired) electrons. The number of hydrogen-bond acceptors (Lipinski definition) is 4. The number of aliphatic hydroxyl groups excluding tert-OH is 1. The molecule has 3 atom stereocenters. The highest BCUT2D eigenvalue weighted by Gasteiger charge is 2.25. The third kappa shape index (κ3) is 2.81. The predicted octanol–water partition coefficient (Wildman–Crippen LogP) is 2.26. The van der Waals surface area contributed by atoms with Crippen LogP contribution in [0, 0.1) is 12.8 Å². The van der Waals surface area contributed by atoms with Crippen molar-refractivity contribution in [3.63, 3.8) is 0 Å². The normalized spacial score (nSPS) is 27.2. The minimum Gasteiger partial charge on any atom is -0.393 e. The summed E-state index contributed by atoms with van der Waals surface area (Å²) in [6.07, 6.45) is 5.15. The van der Waals surface area contributed by atoms with E-state index in [0.717, 1.165) is 24.4 Å². The van der Waals surface area contributed by atoms with Gasteiger partial charge in [-0.3, -0.25) is 0 Å². The molecule has 0 saturated heterocycles. The molecule has 0 amide bonds. The lowest BCUT2D eigenvalue weighted by atomic mass is 10.1. The van der Waals surface area contributed by atoms with Gasteiger partial charge in [-0.25, -0.2) is 4.98 Å². The molecule has 2 rings (SSSR count). The summed E-state index contributed by atoms with van der Waals surface area (Å²) in [6, 6.07) is 0.346. The highest BCUT2D eigenvalue weighted by molar-refractivity contribution is 7.11. The van der Waals surface area contributed by atoms with Crippen LogP contribution in [0.25, 0.3) is 0 Å². The van der Waals surface area contributed by atoms with E-state index in [1.807, 2.05) is 13.1 Å². The van der Waals surface area contributed by atoms with Gasteiger partial charge in [0.1, 0.15) is 0 Å². The van der Waals surface area contributed by atoms with Crippen LogP contribution in [0.2, 0.25) is 0 Å². The average molecular weight is 240 g/mol. The van der Waals surface area contributed by atoms with Gasteiger partial charge in [0.2, 0.25) is 0 Å². The molecule has 1 fully saturated rings. The number of aryl methyl sites for hydroxylation is 1. The monoisotopic (exact) mass is 240 g/mol. The molecule has 0 aliphatic heterocycles. The van der Waals surface area contributed by atoms with Gasteiger partial charge < -0.3 is 10.4 Å². The van der Waals surface area contributed by atoms with Crippen LogP contribution in [-0.4, -0.2) is 22.7 Å². The molecule has 16 heavy (non-hydrogen) atoms. The maximum absolute atomic E-state index is 9.73. The molecule has 1 aromatic rings. The second-order valence-electron chi connectivity index (χ2n) is 4.67. The molecule has 2 N–H and O–H groups in total. The zero-order chi connectivity index (χ0) is 11.5. The highest BCUT2D eigenvalue weighted by Crippen LogP contribution is 2.26. The highest BCUT2D eigenvalue weighted by atomic mass is 32.1. The van der Waals surface area contributed by atoms with Gasteiger partial charge in [-0.1, -0.05) is 6.42 Å². The van der Waals surface area contributed by atoms with E-state index in [0.29, 0.717) is 12.0 Å². The molecule has 0 spiro atoms. The SMILES string of the molecule is Cc1ncc(C(C)NCC2CCCC2O)s1. The van der Waals surface area contributed by atoms with E-state index >= 15 is 0 Å². The van der Waals surface area contributed by atoms with Crippen LogP contribution in [0.15, 0.2) is 6.20 Å². The van der Waals surface area contributed by atoms with Crippen molar-refractivity contribution in [2.45, 2.75) is 45.3 Å². The van der Waals surface area contributed by atoms with Crippen molar-refractivity contribution in [2.24, 2.45) is 5.92 Å². The fourth-order valence-corrected chi connectivity index (χ4v) is 3.07. The lowest BCUT2D eigenvalue weighted by molar-refractivity contribution is 0.130. The Morgan fingerprint density at radius 2 is 2.44 bits per heavy atom. The number of rotatable bonds is 4. The van der Waals surface area contributed by atoms with Crippen molar-refractivity contribution in [1.82, 2.24) is 10.3 Å². The summed E-state index contributed by atoms with van der Waals surface area (Å²) in [7, 11) is 0. The zero-order valence-corrected chi connectivity index (χ0v) is 10.8. The van der Waals surface area contributed by atoms with Crippen molar-refractivity contribution >= 4 is 11.3 Å². The van der Waals surface area contributed by atoms with Crippen molar-refractivity contribution in [3.05, 3.63) is 16.1 Å². The van der Waals surface area contributed by atoms with Crippen LogP contribution in [0.1, 0.15) is 42.1 Å². The summed E-state index contributed by atoms with van der Waals surface area (Å²) in [5.74, 6) is 0.441. The summed E-state index contributed by atoms with van der Waals surface area (Å²) in [5.41, 5.74) is 0. The number of nitrogens with one attached hydrogen (secondary N) is 1. The van der Waals surface area contributed by atoms with E-state index in [1.54, 1.807) is 11.3 Å². The molecule has 3 unspecified atom stereocenters. The van der Waals surface area contributed by atoms with E-state index in [-0.39, 0.29) is 6.10 Å². The first-order chi connectivity index (χ1) is 7.66.